The predicted molar refractivity (Wildman–Crippen MR) is 101 cm³/mol. The molecule has 0 radical (unpaired) electrons. The molecule has 140 valence electrons. The number of likely N-dealkylation sites (tertiary alicyclic amines) is 1. The monoisotopic (exact) mass is 358 g/mol. The van der Waals surface area contributed by atoms with Gasteiger partial charge < -0.3 is 25.4 Å². The first-order valence-electron chi connectivity index (χ1n) is 9.53. The number of rotatable bonds is 4. The lowest BCUT2D eigenvalue weighted by Gasteiger charge is -2.33. The Morgan fingerprint density at radius 1 is 1.27 bits per heavy atom. The number of hydrogen-bond acceptors (Lipinski definition) is 6. The van der Waals surface area contributed by atoms with Gasteiger partial charge in [-0.1, -0.05) is 0 Å². The highest BCUT2D eigenvalue weighted by Gasteiger charge is 2.24. The molecule has 0 spiro atoms. The fourth-order valence-corrected chi connectivity index (χ4v) is 4.17. The molecule has 0 bridgehead atoms. The molecule has 2 aliphatic rings. The normalized spacial score (nSPS) is 18.8. The zero-order valence-electron chi connectivity index (χ0n) is 14.9. The van der Waals surface area contributed by atoms with E-state index >= 15 is 0 Å². The minimum atomic E-state index is -0.476. The first kappa shape index (κ1) is 17.3. The Morgan fingerprint density at radius 3 is 2.81 bits per heavy atom. The van der Waals surface area contributed by atoms with E-state index in [0.717, 1.165) is 69.5 Å². The topological polar surface area (TPSA) is 101 Å². The molecule has 3 heterocycles. The van der Waals surface area contributed by atoms with E-state index in [1.54, 1.807) is 0 Å². The number of aromatic nitrogens is 2. The molecule has 0 atom stereocenters. The van der Waals surface area contributed by atoms with Crippen molar-refractivity contribution in [3.05, 3.63) is 27.7 Å². The summed E-state index contributed by atoms with van der Waals surface area (Å²) in [4.78, 5) is 21.8. The number of aromatic amines is 1. The number of fused-ring (bicyclic) bond motifs is 2. The number of hydrogen-bond donors (Lipinski definition) is 4. The fourth-order valence-electron chi connectivity index (χ4n) is 4.17. The smallest absolute Gasteiger partial charge is 0.290 e. The van der Waals surface area contributed by atoms with E-state index in [1.807, 2.05) is 0 Å². The molecule has 2 aromatic rings. The molecule has 1 saturated heterocycles. The van der Waals surface area contributed by atoms with Crippen molar-refractivity contribution in [2.45, 2.75) is 44.6 Å². The van der Waals surface area contributed by atoms with E-state index in [-0.39, 0.29) is 12.4 Å². The number of nitrogens with zero attached hydrogens (tertiary/aromatic N) is 2. The van der Waals surface area contributed by atoms with E-state index in [0.29, 0.717) is 17.1 Å². The number of nitrogens with one attached hydrogen (secondary N) is 2. The summed E-state index contributed by atoms with van der Waals surface area (Å²) in [7, 11) is 0. The maximum atomic E-state index is 12.0. The SMILES string of the molecule is O=c1[nH]c2c(NC3CCN(CCO)CC3)c3c(nc2cc1O)CCCC3. The molecule has 4 N–H and O–H groups in total. The standard InChI is InChI=1S/C19H26N4O3/c24-10-9-23-7-5-12(6-8-23)20-17-13-3-1-2-4-14(13)21-15-11-16(25)19(26)22-18(15)17/h11-12,24-25H,1-10H2,(H,20,21)(H,22,26). The summed E-state index contributed by atoms with van der Waals surface area (Å²) in [5.41, 5.74) is 4.14. The molecule has 1 fully saturated rings. The second-order valence-corrected chi connectivity index (χ2v) is 7.35. The van der Waals surface area contributed by atoms with Gasteiger partial charge in [0.2, 0.25) is 0 Å². The van der Waals surface area contributed by atoms with E-state index in [2.05, 4.69) is 15.2 Å². The van der Waals surface area contributed by atoms with Crippen LogP contribution in [-0.2, 0) is 12.8 Å². The van der Waals surface area contributed by atoms with Crippen molar-refractivity contribution < 1.29 is 10.2 Å². The second-order valence-electron chi connectivity index (χ2n) is 7.35. The third-order valence-corrected chi connectivity index (χ3v) is 5.60. The average Bonchev–Trinajstić information content (AvgIpc) is 2.65. The highest BCUT2D eigenvalue weighted by Crippen LogP contribution is 2.33. The summed E-state index contributed by atoms with van der Waals surface area (Å²) in [5, 5.41) is 22.6. The number of H-pyrrole nitrogens is 1. The van der Waals surface area contributed by atoms with Gasteiger partial charge in [0.05, 0.1) is 23.3 Å². The molecule has 0 aromatic carbocycles. The summed E-state index contributed by atoms with van der Waals surface area (Å²) in [6.07, 6.45) is 6.16. The van der Waals surface area contributed by atoms with Crippen LogP contribution in [0.15, 0.2) is 10.9 Å². The molecular weight excluding hydrogens is 332 g/mol. The summed E-state index contributed by atoms with van der Waals surface area (Å²) in [6, 6.07) is 1.80. The van der Waals surface area contributed by atoms with Gasteiger partial charge in [0.25, 0.3) is 5.56 Å². The zero-order chi connectivity index (χ0) is 18.1. The van der Waals surface area contributed by atoms with Gasteiger partial charge in [0, 0.05) is 37.4 Å². The van der Waals surface area contributed by atoms with Crippen LogP contribution >= 0.6 is 0 Å². The summed E-state index contributed by atoms with van der Waals surface area (Å²) in [5.74, 6) is -0.288. The Bertz CT molecular complexity index is 856. The van der Waals surface area contributed by atoms with Crippen molar-refractivity contribution >= 4 is 16.7 Å². The Hall–Kier alpha value is -2.12. The van der Waals surface area contributed by atoms with E-state index < -0.39 is 5.56 Å². The van der Waals surface area contributed by atoms with Crippen molar-refractivity contribution in [1.82, 2.24) is 14.9 Å². The van der Waals surface area contributed by atoms with Gasteiger partial charge in [-0.25, -0.2) is 0 Å². The lowest BCUT2D eigenvalue weighted by atomic mass is 9.93. The number of β-amino-alcohol motifs (C(OH)–C–C–N with tert-alkyl or cyclic N) is 1. The van der Waals surface area contributed by atoms with Gasteiger partial charge in [0.1, 0.15) is 0 Å². The van der Waals surface area contributed by atoms with Crippen LogP contribution in [0.4, 0.5) is 5.69 Å². The van der Waals surface area contributed by atoms with Crippen LogP contribution in [0.25, 0.3) is 11.0 Å². The van der Waals surface area contributed by atoms with Gasteiger partial charge in [-0.3, -0.25) is 9.78 Å². The third kappa shape index (κ3) is 3.29. The van der Waals surface area contributed by atoms with Crippen molar-refractivity contribution in [2.75, 3.05) is 31.6 Å². The number of pyridine rings is 2. The Morgan fingerprint density at radius 2 is 2.04 bits per heavy atom. The quantitative estimate of drug-likeness (QED) is 0.659. The third-order valence-electron chi connectivity index (χ3n) is 5.60. The molecule has 1 aliphatic heterocycles. The van der Waals surface area contributed by atoms with Gasteiger partial charge in [-0.05, 0) is 44.1 Å². The predicted octanol–water partition coefficient (Wildman–Crippen LogP) is 1.38. The van der Waals surface area contributed by atoms with E-state index in [1.165, 1.54) is 11.6 Å². The average molecular weight is 358 g/mol. The van der Waals surface area contributed by atoms with Crippen LogP contribution in [-0.4, -0.2) is 57.4 Å². The van der Waals surface area contributed by atoms with Gasteiger partial charge in [0.15, 0.2) is 5.75 Å². The summed E-state index contributed by atoms with van der Waals surface area (Å²) in [6.45, 7) is 2.85. The van der Waals surface area contributed by atoms with Crippen molar-refractivity contribution in [3.63, 3.8) is 0 Å². The number of aliphatic hydroxyl groups excluding tert-OH is 1. The Balaban J connectivity index is 1.69. The molecule has 0 saturated carbocycles. The first-order valence-corrected chi connectivity index (χ1v) is 9.53. The number of anilines is 1. The number of aromatic hydroxyl groups is 1. The first-order chi connectivity index (χ1) is 12.7. The molecule has 7 heteroatoms. The van der Waals surface area contributed by atoms with Crippen LogP contribution in [0.3, 0.4) is 0 Å². The molecule has 7 nitrogen and oxygen atoms in total. The van der Waals surface area contributed by atoms with Crippen molar-refractivity contribution in [1.29, 1.82) is 0 Å². The maximum Gasteiger partial charge on any atom is 0.290 e. The lowest BCUT2D eigenvalue weighted by molar-refractivity contribution is 0.168. The minimum Gasteiger partial charge on any atom is -0.503 e. The summed E-state index contributed by atoms with van der Waals surface area (Å²) < 4.78 is 0. The Labute approximate surface area is 152 Å². The van der Waals surface area contributed by atoms with Crippen LogP contribution < -0.4 is 10.9 Å². The second kappa shape index (κ2) is 7.25. The zero-order valence-corrected chi connectivity index (χ0v) is 14.9. The molecule has 2 aromatic heterocycles. The van der Waals surface area contributed by atoms with Crippen LogP contribution in [0.2, 0.25) is 0 Å². The van der Waals surface area contributed by atoms with Gasteiger partial charge >= 0.3 is 0 Å². The fraction of sp³-hybridized carbons (Fsp3) is 0.579. The van der Waals surface area contributed by atoms with E-state index in [4.69, 9.17) is 10.1 Å². The number of aryl methyl sites for hydroxylation is 1. The van der Waals surface area contributed by atoms with Gasteiger partial charge in [-0.15, -0.1) is 0 Å². The van der Waals surface area contributed by atoms with Crippen LogP contribution in [0.5, 0.6) is 5.75 Å². The number of piperidine rings is 1. The molecule has 0 unspecified atom stereocenters. The van der Waals surface area contributed by atoms with E-state index in [9.17, 15) is 9.90 Å². The molecule has 26 heavy (non-hydrogen) atoms. The lowest BCUT2D eigenvalue weighted by Crippen LogP contribution is -2.40. The highest BCUT2D eigenvalue weighted by molar-refractivity contribution is 5.90. The largest absolute Gasteiger partial charge is 0.503 e. The van der Waals surface area contributed by atoms with Crippen LogP contribution in [0, 0.1) is 0 Å². The van der Waals surface area contributed by atoms with Crippen molar-refractivity contribution in [2.24, 2.45) is 0 Å². The molecule has 0 amide bonds. The van der Waals surface area contributed by atoms with Gasteiger partial charge in [-0.2, -0.15) is 0 Å². The maximum absolute atomic E-state index is 12.0. The number of aliphatic hydroxyl groups is 1. The molecule has 4 rings (SSSR count). The molecular formula is C19H26N4O3. The minimum absolute atomic E-state index is 0.200. The van der Waals surface area contributed by atoms with Crippen molar-refractivity contribution in [3.8, 4) is 5.75 Å². The highest BCUT2D eigenvalue weighted by atomic mass is 16.3. The van der Waals surface area contributed by atoms with Crippen LogP contribution in [0.1, 0.15) is 36.9 Å². The Kier molecular flexibility index (Phi) is 4.82. The summed E-state index contributed by atoms with van der Waals surface area (Å²) >= 11 is 0. The molecule has 1 aliphatic carbocycles.